The van der Waals surface area contributed by atoms with Crippen LogP contribution in [0.3, 0.4) is 0 Å². The number of halogens is 1. The molecule has 0 radical (unpaired) electrons. The molecule has 120 valence electrons. The number of anilines is 2. The lowest BCUT2D eigenvalue weighted by Gasteiger charge is -2.18. The number of benzene rings is 2. The average molecular weight is 351 g/mol. The fourth-order valence-corrected chi connectivity index (χ4v) is 3.41. The van der Waals surface area contributed by atoms with E-state index in [-0.39, 0.29) is 11.5 Å². The van der Waals surface area contributed by atoms with Crippen LogP contribution < -0.4 is 9.62 Å². The van der Waals surface area contributed by atoms with Crippen LogP contribution in [0.15, 0.2) is 42.5 Å². The first-order valence-corrected chi connectivity index (χ1v) is 9.29. The van der Waals surface area contributed by atoms with Crippen molar-refractivity contribution in [2.24, 2.45) is 0 Å². The van der Waals surface area contributed by atoms with Crippen LogP contribution in [0.2, 0.25) is 5.02 Å². The summed E-state index contributed by atoms with van der Waals surface area (Å²) < 4.78 is 25.1. The minimum atomic E-state index is -3.42. The van der Waals surface area contributed by atoms with E-state index in [4.69, 9.17) is 11.6 Å². The Hall–Kier alpha value is -2.05. The molecule has 1 heterocycles. The van der Waals surface area contributed by atoms with E-state index in [2.05, 4.69) is 4.72 Å². The lowest BCUT2D eigenvalue weighted by atomic mass is 10.1. The van der Waals surface area contributed by atoms with Gasteiger partial charge in [0.25, 0.3) is 5.91 Å². The van der Waals surface area contributed by atoms with Gasteiger partial charge in [-0.15, -0.1) is 0 Å². The van der Waals surface area contributed by atoms with Gasteiger partial charge in [0.05, 0.1) is 16.8 Å². The second-order valence-electron chi connectivity index (χ2n) is 5.40. The lowest BCUT2D eigenvalue weighted by molar-refractivity contribution is 0.0989. The van der Waals surface area contributed by atoms with Gasteiger partial charge in [-0.05, 0) is 36.2 Å². The molecule has 0 aliphatic carbocycles. The van der Waals surface area contributed by atoms with Gasteiger partial charge in [0.1, 0.15) is 0 Å². The van der Waals surface area contributed by atoms with Gasteiger partial charge in [-0.25, -0.2) is 8.42 Å². The predicted molar refractivity (Wildman–Crippen MR) is 91.7 cm³/mol. The van der Waals surface area contributed by atoms with Crippen LogP contribution in [0.5, 0.6) is 0 Å². The quantitative estimate of drug-likeness (QED) is 0.925. The van der Waals surface area contributed by atoms with Crippen molar-refractivity contribution in [3.63, 3.8) is 0 Å². The lowest BCUT2D eigenvalue weighted by Crippen LogP contribution is -2.29. The number of para-hydroxylation sites is 1. The zero-order valence-electron chi connectivity index (χ0n) is 12.4. The molecule has 1 amide bonds. The van der Waals surface area contributed by atoms with Crippen LogP contribution in [0.1, 0.15) is 15.9 Å². The van der Waals surface area contributed by atoms with E-state index < -0.39 is 10.0 Å². The van der Waals surface area contributed by atoms with Crippen LogP contribution in [0.4, 0.5) is 11.4 Å². The monoisotopic (exact) mass is 350 g/mol. The van der Waals surface area contributed by atoms with Gasteiger partial charge in [-0.3, -0.25) is 9.52 Å². The summed E-state index contributed by atoms with van der Waals surface area (Å²) in [5.41, 5.74) is 2.57. The molecule has 0 bridgehead atoms. The van der Waals surface area contributed by atoms with E-state index in [1.165, 1.54) is 18.2 Å². The Bertz CT molecular complexity index is 881. The molecule has 2 aromatic rings. The van der Waals surface area contributed by atoms with Crippen molar-refractivity contribution in [3.8, 4) is 0 Å². The van der Waals surface area contributed by atoms with E-state index in [0.717, 1.165) is 23.9 Å². The summed E-state index contributed by atoms with van der Waals surface area (Å²) in [6.07, 6.45) is 1.85. The van der Waals surface area contributed by atoms with Crippen LogP contribution in [0.25, 0.3) is 0 Å². The fraction of sp³-hybridized carbons (Fsp3) is 0.188. The first-order valence-electron chi connectivity index (χ1n) is 7.02. The van der Waals surface area contributed by atoms with Crippen LogP contribution >= 0.6 is 11.6 Å². The molecule has 0 aromatic heterocycles. The van der Waals surface area contributed by atoms with E-state index in [0.29, 0.717) is 17.3 Å². The molecule has 1 N–H and O–H groups in total. The first kappa shape index (κ1) is 15.8. The molecule has 7 heteroatoms. The summed E-state index contributed by atoms with van der Waals surface area (Å²) in [6.45, 7) is 0.582. The molecule has 1 aliphatic rings. The largest absolute Gasteiger partial charge is 0.308 e. The molecule has 1 aliphatic heterocycles. The van der Waals surface area contributed by atoms with Gasteiger partial charge in [-0.1, -0.05) is 29.8 Å². The third kappa shape index (κ3) is 3.33. The minimum absolute atomic E-state index is 0.239. The summed E-state index contributed by atoms with van der Waals surface area (Å²) >= 11 is 6.14. The summed E-state index contributed by atoms with van der Waals surface area (Å²) in [6, 6.07) is 12.2. The normalized spacial score (nSPS) is 13.7. The maximum absolute atomic E-state index is 12.8. The van der Waals surface area contributed by atoms with Crippen LogP contribution in [-0.2, 0) is 16.4 Å². The number of hydrogen-bond donors (Lipinski definition) is 1. The topological polar surface area (TPSA) is 66.5 Å². The van der Waals surface area contributed by atoms with Crippen molar-refractivity contribution in [2.45, 2.75) is 6.42 Å². The molecular weight excluding hydrogens is 336 g/mol. The van der Waals surface area contributed by atoms with Crippen LogP contribution in [0, 0.1) is 0 Å². The summed E-state index contributed by atoms with van der Waals surface area (Å²) in [4.78, 5) is 14.5. The SMILES string of the molecule is CS(=O)(=O)Nc1ccc(Cl)c(C(=O)N2CCc3ccccc32)c1. The first-order chi connectivity index (χ1) is 10.8. The standard InChI is InChI=1S/C16H15ClN2O3S/c1-23(21,22)18-12-6-7-14(17)13(10-12)16(20)19-9-8-11-4-2-3-5-15(11)19/h2-7,10,18H,8-9H2,1H3. The highest BCUT2D eigenvalue weighted by molar-refractivity contribution is 7.92. The molecule has 0 fully saturated rings. The highest BCUT2D eigenvalue weighted by Crippen LogP contribution is 2.31. The number of carbonyl (C=O) groups excluding carboxylic acids is 1. The average Bonchev–Trinajstić information content (AvgIpc) is 2.91. The Kier molecular flexibility index (Phi) is 4.04. The number of nitrogens with one attached hydrogen (secondary N) is 1. The molecule has 0 atom stereocenters. The summed E-state index contributed by atoms with van der Waals surface area (Å²) in [5.74, 6) is -0.239. The third-order valence-corrected chi connectivity index (χ3v) is 4.57. The third-order valence-electron chi connectivity index (χ3n) is 3.63. The molecule has 0 spiro atoms. The van der Waals surface area contributed by atoms with Crippen molar-refractivity contribution in [1.29, 1.82) is 0 Å². The molecule has 0 saturated heterocycles. The Morgan fingerprint density at radius 1 is 1.22 bits per heavy atom. The van der Waals surface area contributed by atoms with Gasteiger partial charge < -0.3 is 4.90 Å². The van der Waals surface area contributed by atoms with Gasteiger partial charge in [0.15, 0.2) is 0 Å². The molecule has 5 nitrogen and oxygen atoms in total. The van der Waals surface area contributed by atoms with Crippen molar-refractivity contribution >= 4 is 38.9 Å². The molecule has 0 saturated carbocycles. The van der Waals surface area contributed by atoms with Gasteiger partial charge in [-0.2, -0.15) is 0 Å². The Labute approximate surface area is 139 Å². The minimum Gasteiger partial charge on any atom is -0.308 e. The van der Waals surface area contributed by atoms with Gasteiger partial charge in [0, 0.05) is 17.9 Å². The van der Waals surface area contributed by atoms with E-state index in [9.17, 15) is 13.2 Å². The number of carbonyl (C=O) groups is 1. The molecule has 0 unspecified atom stereocenters. The smallest absolute Gasteiger partial charge is 0.259 e. The second kappa shape index (κ2) is 5.86. The zero-order valence-corrected chi connectivity index (χ0v) is 14.0. The maximum Gasteiger partial charge on any atom is 0.259 e. The number of hydrogen-bond acceptors (Lipinski definition) is 3. The highest BCUT2D eigenvalue weighted by atomic mass is 35.5. The molecule has 23 heavy (non-hydrogen) atoms. The number of fused-ring (bicyclic) bond motifs is 1. The predicted octanol–water partition coefficient (Wildman–Crippen LogP) is 2.91. The highest BCUT2D eigenvalue weighted by Gasteiger charge is 2.26. The van der Waals surface area contributed by atoms with Gasteiger partial charge in [0.2, 0.25) is 10.0 Å². The number of sulfonamides is 1. The second-order valence-corrected chi connectivity index (χ2v) is 7.56. The zero-order chi connectivity index (χ0) is 16.6. The van der Waals surface area contributed by atoms with E-state index in [1.54, 1.807) is 4.90 Å². The number of amides is 1. The van der Waals surface area contributed by atoms with Crippen molar-refractivity contribution < 1.29 is 13.2 Å². The number of rotatable bonds is 3. The van der Waals surface area contributed by atoms with Crippen molar-refractivity contribution in [2.75, 3.05) is 22.4 Å². The molecular formula is C16H15ClN2O3S. The van der Waals surface area contributed by atoms with E-state index >= 15 is 0 Å². The molecule has 2 aromatic carbocycles. The maximum atomic E-state index is 12.8. The Morgan fingerprint density at radius 3 is 2.70 bits per heavy atom. The number of nitrogens with zero attached hydrogens (tertiary/aromatic N) is 1. The van der Waals surface area contributed by atoms with Crippen LogP contribution in [-0.4, -0.2) is 27.1 Å². The summed E-state index contributed by atoms with van der Waals surface area (Å²) in [7, 11) is -3.42. The Balaban J connectivity index is 1.96. The van der Waals surface area contributed by atoms with Crippen molar-refractivity contribution in [1.82, 2.24) is 0 Å². The Morgan fingerprint density at radius 2 is 1.96 bits per heavy atom. The summed E-state index contributed by atoms with van der Waals surface area (Å²) in [5, 5.41) is 0.290. The fourth-order valence-electron chi connectivity index (χ4n) is 2.66. The molecule has 3 rings (SSSR count). The van der Waals surface area contributed by atoms with Crippen molar-refractivity contribution in [3.05, 3.63) is 58.6 Å². The van der Waals surface area contributed by atoms with Gasteiger partial charge >= 0.3 is 0 Å². The van der Waals surface area contributed by atoms with E-state index in [1.807, 2.05) is 24.3 Å².